The molecule has 0 unspecified atom stereocenters. The summed E-state index contributed by atoms with van der Waals surface area (Å²) in [7, 11) is 0. The van der Waals surface area contributed by atoms with E-state index in [4.69, 9.17) is 22.2 Å². The Hall–Kier alpha value is -2.37. The van der Waals surface area contributed by atoms with E-state index in [2.05, 4.69) is 15.4 Å². The summed E-state index contributed by atoms with van der Waals surface area (Å²) in [4.78, 5) is 8.34. The Morgan fingerprint density at radius 2 is 2.00 bits per heavy atom. The van der Waals surface area contributed by atoms with Crippen LogP contribution in [0, 0.1) is 0 Å². The molecule has 5 nitrogen and oxygen atoms in total. The van der Waals surface area contributed by atoms with Gasteiger partial charge in [-0.1, -0.05) is 11.6 Å². The van der Waals surface area contributed by atoms with Gasteiger partial charge in [0.25, 0.3) is 0 Å². The van der Waals surface area contributed by atoms with Crippen LogP contribution in [0.15, 0.2) is 48.8 Å². The molecule has 0 atom stereocenters. The first kappa shape index (κ1) is 12.7. The van der Waals surface area contributed by atoms with Crippen molar-refractivity contribution in [2.45, 2.75) is 0 Å². The molecule has 0 saturated heterocycles. The number of nitrogens with one attached hydrogen (secondary N) is 1. The lowest BCUT2D eigenvalue weighted by Gasteiger charge is -2.09. The third-order valence-electron chi connectivity index (χ3n) is 2.79. The third kappa shape index (κ3) is 2.36. The van der Waals surface area contributed by atoms with Gasteiger partial charge >= 0.3 is 0 Å². The first-order valence-electron chi connectivity index (χ1n) is 5.91. The number of nitrogens with two attached hydrogens (primary N) is 1. The zero-order valence-corrected chi connectivity index (χ0v) is 11.1. The van der Waals surface area contributed by atoms with Crippen LogP contribution in [0.1, 0.15) is 0 Å². The highest BCUT2D eigenvalue weighted by Gasteiger charge is 2.08. The fourth-order valence-corrected chi connectivity index (χ4v) is 2.09. The van der Waals surface area contributed by atoms with Crippen LogP contribution in [0.5, 0.6) is 11.5 Å². The molecule has 1 aromatic carbocycles. The molecule has 100 valence electrons. The molecule has 0 aliphatic heterocycles. The van der Waals surface area contributed by atoms with E-state index in [9.17, 15) is 0 Å². The fraction of sp³-hybridized carbons (Fsp3) is 0. The zero-order chi connectivity index (χ0) is 13.9. The number of fused-ring (bicyclic) bond motifs is 1. The molecule has 2 heterocycles. The smallest absolute Gasteiger partial charge is 0.153 e. The molecule has 20 heavy (non-hydrogen) atoms. The minimum Gasteiger partial charge on any atom is -0.455 e. The molecule has 0 bridgehead atoms. The van der Waals surface area contributed by atoms with Crippen LogP contribution < -0.4 is 16.0 Å². The molecule has 3 N–H and O–H groups in total. The van der Waals surface area contributed by atoms with Crippen LogP contribution in [-0.4, -0.2) is 9.97 Å². The Kier molecular flexibility index (Phi) is 3.37. The predicted octanol–water partition coefficient (Wildman–Crippen LogP) is 3.36. The first-order valence-corrected chi connectivity index (χ1v) is 6.29. The zero-order valence-electron chi connectivity index (χ0n) is 10.4. The average Bonchev–Trinajstić information content (AvgIpc) is 2.51. The van der Waals surface area contributed by atoms with Gasteiger partial charge in [-0.3, -0.25) is 4.98 Å². The number of ether oxygens (including phenoxy) is 1. The largest absolute Gasteiger partial charge is 0.455 e. The molecule has 0 amide bonds. The van der Waals surface area contributed by atoms with Crippen LogP contribution in [-0.2, 0) is 0 Å². The van der Waals surface area contributed by atoms with Gasteiger partial charge in [-0.25, -0.2) is 10.8 Å². The van der Waals surface area contributed by atoms with Gasteiger partial charge in [0.05, 0.1) is 5.02 Å². The molecule has 0 spiro atoms. The highest BCUT2D eigenvalue weighted by Crippen LogP contribution is 2.32. The number of nitrogen functional groups attached to an aromatic ring is 1. The maximum Gasteiger partial charge on any atom is 0.153 e. The highest BCUT2D eigenvalue weighted by atomic mass is 35.5. The molecular formula is C14H11ClN4O. The molecule has 3 rings (SSSR count). The van der Waals surface area contributed by atoms with Crippen molar-refractivity contribution < 1.29 is 4.74 Å². The second kappa shape index (κ2) is 5.32. The molecule has 6 heteroatoms. The van der Waals surface area contributed by atoms with Gasteiger partial charge in [-0.05, 0) is 30.3 Å². The van der Waals surface area contributed by atoms with Crippen molar-refractivity contribution in [3.63, 3.8) is 0 Å². The van der Waals surface area contributed by atoms with Crippen molar-refractivity contribution in [3.05, 3.63) is 53.8 Å². The van der Waals surface area contributed by atoms with Crippen molar-refractivity contribution in [1.29, 1.82) is 0 Å². The summed E-state index contributed by atoms with van der Waals surface area (Å²) >= 11 is 6.15. The van der Waals surface area contributed by atoms with Crippen LogP contribution in [0.4, 0.5) is 5.82 Å². The third-order valence-corrected chi connectivity index (χ3v) is 3.12. The van der Waals surface area contributed by atoms with Gasteiger partial charge in [0.2, 0.25) is 0 Å². The number of hydrogen-bond acceptors (Lipinski definition) is 5. The van der Waals surface area contributed by atoms with E-state index in [0.29, 0.717) is 27.9 Å². The normalized spacial score (nSPS) is 10.5. The SMILES string of the molecule is NNc1cc(Oc2ccc(Cl)c3cccnc23)ccn1. The van der Waals surface area contributed by atoms with Gasteiger partial charge in [-0.2, -0.15) is 0 Å². The van der Waals surface area contributed by atoms with Gasteiger partial charge in [0.15, 0.2) is 5.75 Å². The van der Waals surface area contributed by atoms with Gasteiger partial charge in [0.1, 0.15) is 17.1 Å². The topological polar surface area (TPSA) is 73.1 Å². The maximum atomic E-state index is 6.15. The maximum absolute atomic E-state index is 6.15. The Morgan fingerprint density at radius 3 is 2.85 bits per heavy atom. The number of halogens is 1. The standard InChI is InChI=1S/C14H11ClN4O/c15-11-3-4-12(14-10(11)2-1-6-18-14)20-9-5-7-17-13(8-9)19-16/h1-8H,16H2,(H,17,19). The average molecular weight is 287 g/mol. The lowest BCUT2D eigenvalue weighted by Crippen LogP contribution is -2.08. The van der Waals surface area contributed by atoms with E-state index in [1.807, 2.05) is 12.1 Å². The van der Waals surface area contributed by atoms with E-state index in [0.717, 1.165) is 5.39 Å². The predicted molar refractivity (Wildman–Crippen MR) is 78.9 cm³/mol. The quantitative estimate of drug-likeness (QED) is 0.570. The molecule has 3 aromatic rings. The summed E-state index contributed by atoms with van der Waals surface area (Å²) in [6.45, 7) is 0. The number of pyridine rings is 2. The summed E-state index contributed by atoms with van der Waals surface area (Å²) in [6, 6.07) is 10.7. The van der Waals surface area contributed by atoms with Crippen molar-refractivity contribution in [2.24, 2.45) is 5.84 Å². The lowest BCUT2D eigenvalue weighted by atomic mass is 10.2. The van der Waals surface area contributed by atoms with Gasteiger partial charge in [0, 0.05) is 23.8 Å². The van der Waals surface area contributed by atoms with Crippen molar-refractivity contribution in [1.82, 2.24) is 9.97 Å². The summed E-state index contributed by atoms with van der Waals surface area (Å²) in [5, 5.41) is 1.48. The molecule has 2 aromatic heterocycles. The van der Waals surface area contributed by atoms with Gasteiger partial charge < -0.3 is 10.2 Å². The minimum atomic E-state index is 0.522. The fourth-order valence-electron chi connectivity index (χ4n) is 1.87. The number of nitrogens with zero attached hydrogens (tertiary/aromatic N) is 2. The number of hydrogen-bond donors (Lipinski definition) is 2. The summed E-state index contributed by atoms with van der Waals surface area (Å²) in [5.41, 5.74) is 3.18. The Balaban J connectivity index is 2.04. The Labute approximate surface area is 120 Å². The molecule has 0 saturated carbocycles. The van der Waals surface area contributed by atoms with Crippen molar-refractivity contribution in [3.8, 4) is 11.5 Å². The Morgan fingerprint density at radius 1 is 1.10 bits per heavy atom. The number of hydrazine groups is 1. The molecule has 0 aliphatic carbocycles. The van der Waals surface area contributed by atoms with E-state index in [1.165, 1.54) is 0 Å². The summed E-state index contributed by atoms with van der Waals surface area (Å²) < 4.78 is 5.83. The minimum absolute atomic E-state index is 0.522. The molecule has 0 aliphatic rings. The highest BCUT2D eigenvalue weighted by molar-refractivity contribution is 6.35. The van der Waals surface area contributed by atoms with E-state index < -0.39 is 0 Å². The number of aromatic nitrogens is 2. The van der Waals surface area contributed by atoms with E-state index in [-0.39, 0.29) is 0 Å². The van der Waals surface area contributed by atoms with Crippen molar-refractivity contribution in [2.75, 3.05) is 5.43 Å². The van der Waals surface area contributed by atoms with Crippen molar-refractivity contribution >= 4 is 28.3 Å². The number of benzene rings is 1. The summed E-state index contributed by atoms with van der Waals surface area (Å²) in [6.07, 6.45) is 3.31. The molecule has 0 fully saturated rings. The second-order valence-corrected chi connectivity index (χ2v) is 4.48. The Bertz CT molecular complexity index is 763. The second-order valence-electron chi connectivity index (χ2n) is 4.07. The summed E-state index contributed by atoms with van der Waals surface area (Å²) in [5.74, 6) is 7.08. The van der Waals surface area contributed by atoms with E-state index in [1.54, 1.807) is 36.7 Å². The van der Waals surface area contributed by atoms with Crippen LogP contribution in [0.3, 0.4) is 0 Å². The first-order chi connectivity index (χ1) is 9.78. The number of anilines is 1. The lowest BCUT2D eigenvalue weighted by molar-refractivity contribution is 0.486. The van der Waals surface area contributed by atoms with Crippen LogP contribution in [0.25, 0.3) is 10.9 Å². The monoisotopic (exact) mass is 286 g/mol. The van der Waals surface area contributed by atoms with E-state index >= 15 is 0 Å². The molecule has 0 radical (unpaired) electrons. The van der Waals surface area contributed by atoms with Gasteiger partial charge in [-0.15, -0.1) is 0 Å². The van der Waals surface area contributed by atoms with Crippen LogP contribution in [0.2, 0.25) is 5.02 Å². The number of rotatable bonds is 3. The van der Waals surface area contributed by atoms with Crippen LogP contribution >= 0.6 is 11.6 Å². The molecular weight excluding hydrogens is 276 g/mol.